The fourth-order valence-corrected chi connectivity index (χ4v) is 10.2. The number of nitrogens with zero attached hydrogens (tertiary/aromatic N) is 1. The van der Waals surface area contributed by atoms with E-state index in [1.807, 2.05) is 25.9 Å². The van der Waals surface area contributed by atoms with Crippen LogP contribution in [-0.2, 0) is 40.5 Å². The Morgan fingerprint density at radius 1 is 0.982 bits per heavy atom. The largest absolute Gasteiger partial charge is 0.397 e. The van der Waals surface area contributed by atoms with Crippen molar-refractivity contribution in [1.82, 2.24) is 5.32 Å². The fraction of sp³-hybridized carbons (Fsp3) is 0.513. The summed E-state index contributed by atoms with van der Waals surface area (Å²) in [5.41, 5.74) is 1.79. The molecule has 2 aliphatic heterocycles. The number of unbranched alkanes of at least 4 members (excludes halogenated alkanes) is 2. The van der Waals surface area contributed by atoms with Crippen LogP contribution >= 0.6 is 0 Å². The van der Waals surface area contributed by atoms with Gasteiger partial charge in [0.1, 0.15) is 24.4 Å². The third kappa shape index (κ3) is 10.3. The molecule has 56 heavy (non-hydrogen) atoms. The molecule has 1 saturated heterocycles. The first kappa shape index (κ1) is 43.5. The lowest BCUT2D eigenvalue weighted by molar-refractivity contribution is -0.246. The van der Waals surface area contributed by atoms with Gasteiger partial charge in [-0.25, -0.2) is 17.4 Å². The molecule has 2 unspecified atom stereocenters. The number of aliphatic hydroxyl groups is 3. The normalized spacial score (nSPS) is 27.5. The van der Waals surface area contributed by atoms with Gasteiger partial charge in [-0.15, -0.1) is 0 Å². The summed E-state index contributed by atoms with van der Waals surface area (Å²) in [5, 5.41) is 39.8. The van der Waals surface area contributed by atoms with Crippen LogP contribution in [0.3, 0.4) is 0 Å². The van der Waals surface area contributed by atoms with Crippen LogP contribution in [0.25, 0.3) is 0 Å². The molecule has 15 nitrogen and oxygen atoms in total. The average molecular weight is 820 g/mol. The molecule has 2 heterocycles. The Balaban J connectivity index is 1.44. The number of urea groups is 1. The van der Waals surface area contributed by atoms with Gasteiger partial charge in [-0.3, -0.25) is 4.55 Å². The second-order valence-corrected chi connectivity index (χ2v) is 17.8. The Hall–Kier alpha value is -3.65. The number of carbonyl (C=O) groups excluding carboxylic acids is 1. The van der Waals surface area contributed by atoms with E-state index in [9.17, 15) is 36.9 Å². The first-order valence-corrected chi connectivity index (χ1v) is 21.7. The summed E-state index contributed by atoms with van der Waals surface area (Å²) in [6, 6.07) is 19.8. The summed E-state index contributed by atoms with van der Waals surface area (Å²) in [6.07, 6.45) is -5.28. The van der Waals surface area contributed by atoms with Gasteiger partial charge in [-0.05, 0) is 59.9 Å². The molecule has 2 aliphatic rings. The van der Waals surface area contributed by atoms with E-state index in [0.717, 1.165) is 24.9 Å². The first-order valence-electron chi connectivity index (χ1n) is 18.7. The van der Waals surface area contributed by atoms with Crippen molar-refractivity contribution in [2.45, 2.75) is 100 Å². The van der Waals surface area contributed by atoms with Gasteiger partial charge in [0.25, 0.3) is 0 Å². The molecule has 2 amide bonds. The number of hydrogen-bond acceptors (Lipinski definition) is 12. The van der Waals surface area contributed by atoms with Gasteiger partial charge in [-0.1, -0.05) is 75.6 Å². The van der Waals surface area contributed by atoms with E-state index in [2.05, 4.69) is 21.7 Å². The molecular weight excluding hydrogens is 767 g/mol. The zero-order valence-electron chi connectivity index (χ0n) is 31.9. The third-order valence-electron chi connectivity index (χ3n) is 10.7. The predicted octanol–water partition coefficient (Wildman–Crippen LogP) is 3.98. The molecular formula is C39H53N3O12S2. The van der Waals surface area contributed by atoms with Gasteiger partial charge < -0.3 is 40.3 Å². The molecule has 1 fully saturated rings. The summed E-state index contributed by atoms with van der Waals surface area (Å²) in [7, 11) is -5.07. The molecule has 0 aromatic heterocycles. The quantitative estimate of drug-likeness (QED) is 0.0945. The number of anilines is 2. The second-order valence-electron chi connectivity index (χ2n) is 14.7. The number of sulfone groups is 1. The molecule has 0 aliphatic carbocycles. The number of amides is 2. The molecule has 308 valence electrons. The van der Waals surface area contributed by atoms with Gasteiger partial charge in [0.2, 0.25) is 0 Å². The van der Waals surface area contributed by atoms with Crippen molar-refractivity contribution in [2.75, 3.05) is 36.7 Å². The van der Waals surface area contributed by atoms with E-state index < -0.39 is 81.0 Å². The Morgan fingerprint density at radius 2 is 1.71 bits per heavy atom. The molecule has 0 saturated carbocycles. The highest BCUT2D eigenvalue weighted by molar-refractivity contribution is 7.91. The number of hydrogen-bond donors (Lipinski definition) is 6. The van der Waals surface area contributed by atoms with Crippen molar-refractivity contribution in [1.29, 1.82) is 0 Å². The van der Waals surface area contributed by atoms with Gasteiger partial charge in [0, 0.05) is 36.8 Å². The SMILES string of the molecule is CCCCC[C@]1(CC)CS(=O)(=O)c2ccc(N(C)C)cc2[C@@H](c2cccc(NC(=O)N[C@@H]3O[C@H](COS(=O)(=O)O)C(O)[C@H](OCc4ccccc4)C3O)c2)[C@H]1O. The molecule has 3 aromatic rings. The number of fused-ring (bicyclic) bond motifs is 1. The van der Waals surface area contributed by atoms with Crippen LogP contribution in [0, 0.1) is 5.41 Å². The minimum atomic E-state index is -4.93. The molecule has 3 aromatic carbocycles. The predicted molar refractivity (Wildman–Crippen MR) is 209 cm³/mol. The van der Waals surface area contributed by atoms with Crippen molar-refractivity contribution in [3.63, 3.8) is 0 Å². The molecule has 8 atom stereocenters. The molecule has 6 N–H and O–H groups in total. The maximum absolute atomic E-state index is 14.1. The summed E-state index contributed by atoms with van der Waals surface area (Å²) in [5.74, 6) is -0.998. The van der Waals surface area contributed by atoms with Gasteiger partial charge in [-0.2, -0.15) is 8.42 Å². The maximum atomic E-state index is 14.1. The van der Waals surface area contributed by atoms with Crippen LogP contribution in [-0.4, -0.2) is 106 Å². The van der Waals surface area contributed by atoms with E-state index in [1.165, 1.54) is 0 Å². The van der Waals surface area contributed by atoms with E-state index in [1.54, 1.807) is 72.8 Å². The van der Waals surface area contributed by atoms with Crippen LogP contribution in [0.2, 0.25) is 0 Å². The highest BCUT2D eigenvalue weighted by Gasteiger charge is 2.49. The average Bonchev–Trinajstić information content (AvgIpc) is 3.22. The van der Waals surface area contributed by atoms with Crippen molar-refractivity contribution in [2.24, 2.45) is 5.41 Å². The lowest BCUT2D eigenvalue weighted by Crippen LogP contribution is -2.64. The van der Waals surface area contributed by atoms with E-state index in [0.29, 0.717) is 29.5 Å². The molecule has 17 heteroatoms. The Labute approximate surface area is 328 Å². The second kappa shape index (κ2) is 18.3. The number of benzene rings is 3. The summed E-state index contributed by atoms with van der Waals surface area (Å²) < 4.78 is 75.9. The summed E-state index contributed by atoms with van der Waals surface area (Å²) in [4.78, 5) is 15.5. The lowest BCUT2D eigenvalue weighted by atomic mass is 9.69. The zero-order chi connectivity index (χ0) is 40.8. The van der Waals surface area contributed by atoms with E-state index in [-0.39, 0.29) is 22.9 Å². The minimum absolute atomic E-state index is 0.0530. The summed E-state index contributed by atoms with van der Waals surface area (Å²) in [6.45, 7) is 3.06. The zero-order valence-corrected chi connectivity index (χ0v) is 33.6. The Morgan fingerprint density at radius 3 is 2.38 bits per heavy atom. The van der Waals surface area contributed by atoms with Gasteiger partial charge in [0.15, 0.2) is 16.1 Å². The van der Waals surface area contributed by atoms with Crippen LogP contribution in [0.15, 0.2) is 77.7 Å². The number of rotatable bonds is 15. The van der Waals surface area contributed by atoms with Crippen LogP contribution in [0.4, 0.5) is 16.2 Å². The number of ether oxygens (including phenoxy) is 2. The lowest BCUT2D eigenvalue weighted by Gasteiger charge is -2.42. The van der Waals surface area contributed by atoms with Crippen molar-refractivity contribution < 1.29 is 55.2 Å². The van der Waals surface area contributed by atoms with E-state index >= 15 is 0 Å². The fourth-order valence-electron chi connectivity index (χ4n) is 7.62. The number of aliphatic hydroxyl groups excluding tert-OH is 3. The van der Waals surface area contributed by atoms with Crippen molar-refractivity contribution in [3.8, 4) is 0 Å². The van der Waals surface area contributed by atoms with Crippen molar-refractivity contribution in [3.05, 3.63) is 89.5 Å². The molecule has 0 radical (unpaired) electrons. The van der Waals surface area contributed by atoms with Crippen LogP contribution in [0.5, 0.6) is 0 Å². The van der Waals surface area contributed by atoms with Crippen molar-refractivity contribution >= 4 is 37.6 Å². The maximum Gasteiger partial charge on any atom is 0.397 e. The number of carbonyl (C=O) groups is 1. The van der Waals surface area contributed by atoms with E-state index in [4.69, 9.17) is 14.0 Å². The number of nitrogens with one attached hydrogen (secondary N) is 2. The standard InChI is InChI=1S/C39H53N3O12S2/c1-5-7-11-19-39(6-2)24-55(47,48)31-18-17-28(42(3)4)21-29(31)32(36(39)45)26-15-12-16-27(20-26)40-38(46)41-37-34(44)35(52-22-25-13-9-8-10-14-25)33(43)30(54-37)23-53-56(49,50)51/h8-10,12-18,20-21,30,32-37,43-45H,5-7,11,19,22-24H2,1-4H3,(H2,40,41,46)(H,49,50,51)/t30-,32-,33?,34?,35+,36-,37-,39-/m1/s1. The Bertz CT molecular complexity index is 2020. The molecule has 5 rings (SSSR count). The van der Waals surface area contributed by atoms with Gasteiger partial charge >= 0.3 is 16.4 Å². The van der Waals surface area contributed by atoms with Crippen LogP contribution < -0.4 is 15.5 Å². The molecule has 0 bridgehead atoms. The topological polar surface area (TPSA) is 221 Å². The molecule has 0 spiro atoms. The smallest absolute Gasteiger partial charge is 0.392 e. The monoisotopic (exact) mass is 819 g/mol. The highest BCUT2D eigenvalue weighted by Crippen LogP contribution is 2.49. The van der Waals surface area contributed by atoms with Crippen LogP contribution in [0.1, 0.15) is 68.6 Å². The van der Waals surface area contributed by atoms with Gasteiger partial charge in [0.05, 0.1) is 30.0 Å². The highest BCUT2D eigenvalue weighted by atomic mass is 32.3. The third-order valence-corrected chi connectivity index (χ3v) is 13.1. The minimum Gasteiger partial charge on any atom is -0.392 e. The summed E-state index contributed by atoms with van der Waals surface area (Å²) >= 11 is 0. The first-order chi connectivity index (χ1) is 26.5. The Kier molecular flexibility index (Phi) is 14.2.